The minimum atomic E-state index is -0.478. The van der Waals surface area contributed by atoms with Crippen LogP contribution in [0.2, 0.25) is 0 Å². The van der Waals surface area contributed by atoms with Crippen LogP contribution >= 0.6 is 0 Å². The number of rotatable bonds is 3. The van der Waals surface area contributed by atoms with Crippen LogP contribution in [0.3, 0.4) is 0 Å². The standard InChI is InChI=1S/C13H13N3O2/c1-16-12(17)6-11(13(16)18)15-8-10-5-3-2-4-9(10)7-14/h2-5,11,15H,6,8H2,1H3. The van der Waals surface area contributed by atoms with Crippen molar-refractivity contribution in [2.75, 3.05) is 7.05 Å². The number of carbonyl (C=O) groups is 2. The first kappa shape index (κ1) is 12.3. The lowest BCUT2D eigenvalue weighted by atomic mass is 10.1. The van der Waals surface area contributed by atoms with Gasteiger partial charge in [-0.15, -0.1) is 0 Å². The number of nitrogens with zero attached hydrogens (tertiary/aromatic N) is 2. The van der Waals surface area contributed by atoms with E-state index in [0.29, 0.717) is 12.1 Å². The second-order valence-electron chi connectivity index (χ2n) is 4.20. The van der Waals surface area contributed by atoms with Crippen LogP contribution in [-0.2, 0) is 16.1 Å². The molecule has 1 N–H and O–H groups in total. The molecule has 1 heterocycles. The second kappa shape index (κ2) is 4.98. The molecule has 5 heteroatoms. The minimum Gasteiger partial charge on any atom is -0.301 e. The van der Waals surface area contributed by atoms with Crippen molar-refractivity contribution in [3.8, 4) is 6.07 Å². The molecular weight excluding hydrogens is 230 g/mol. The topological polar surface area (TPSA) is 73.2 Å². The van der Waals surface area contributed by atoms with Gasteiger partial charge in [0.1, 0.15) is 0 Å². The molecule has 0 aromatic heterocycles. The molecule has 2 rings (SSSR count). The van der Waals surface area contributed by atoms with Gasteiger partial charge in [0.2, 0.25) is 11.8 Å². The van der Waals surface area contributed by atoms with E-state index in [9.17, 15) is 9.59 Å². The predicted octanol–water partition coefficient (Wildman–Crippen LogP) is 0.405. The zero-order valence-corrected chi connectivity index (χ0v) is 10.0. The van der Waals surface area contributed by atoms with E-state index in [1.807, 2.05) is 12.1 Å². The van der Waals surface area contributed by atoms with Crippen LogP contribution in [0, 0.1) is 11.3 Å². The van der Waals surface area contributed by atoms with E-state index in [1.54, 1.807) is 12.1 Å². The summed E-state index contributed by atoms with van der Waals surface area (Å²) in [7, 11) is 1.48. The summed E-state index contributed by atoms with van der Waals surface area (Å²) in [5.41, 5.74) is 1.41. The Hall–Kier alpha value is -2.19. The van der Waals surface area contributed by atoms with Crippen molar-refractivity contribution < 1.29 is 9.59 Å². The number of nitriles is 1. The molecule has 1 aromatic rings. The summed E-state index contributed by atoms with van der Waals surface area (Å²) in [6.07, 6.45) is 0.185. The molecule has 1 fully saturated rings. The molecule has 0 saturated carbocycles. The van der Waals surface area contributed by atoms with Crippen molar-refractivity contribution in [2.24, 2.45) is 0 Å². The highest BCUT2D eigenvalue weighted by Gasteiger charge is 2.35. The van der Waals surface area contributed by atoms with E-state index in [-0.39, 0.29) is 18.2 Å². The number of carbonyl (C=O) groups excluding carboxylic acids is 2. The fourth-order valence-electron chi connectivity index (χ4n) is 1.93. The van der Waals surface area contributed by atoms with Crippen molar-refractivity contribution in [3.05, 3.63) is 35.4 Å². The molecule has 1 atom stereocenters. The molecule has 0 radical (unpaired) electrons. The van der Waals surface area contributed by atoms with Crippen LogP contribution < -0.4 is 5.32 Å². The Balaban J connectivity index is 2.03. The van der Waals surface area contributed by atoms with E-state index in [1.165, 1.54) is 7.05 Å². The number of benzene rings is 1. The Morgan fingerprint density at radius 2 is 2.17 bits per heavy atom. The van der Waals surface area contributed by atoms with Gasteiger partial charge < -0.3 is 5.32 Å². The Kier molecular flexibility index (Phi) is 3.40. The second-order valence-corrected chi connectivity index (χ2v) is 4.20. The van der Waals surface area contributed by atoms with Gasteiger partial charge in [-0.3, -0.25) is 14.5 Å². The maximum Gasteiger partial charge on any atom is 0.246 e. The molecule has 2 amide bonds. The molecule has 1 aliphatic rings. The van der Waals surface area contributed by atoms with Gasteiger partial charge in [-0.05, 0) is 11.6 Å². The molecule has 1 aromatic carbocycles. The van der Waals surface area contributed by atoms with Crippen molar-refractivity contribution in [2.45, 2.75) is 19.0 Å². The number of nitrogens with one attached hydrogen (secondary N) is 1. The normalized spacial score (nSPS) is 19.1. The molecule has 1 unspecified atom stereocenters. The number of hydrogen-bond acceptors (Lipinski definition) is 4. The van der Waals surface area contributed by atoms with Crippen LogP contribution in [-0.4, -0.2) is 29.8 Å². The largest absolute Gasteiger partial charge is 0.301 e. The highest BCUT2D eigenvalue weighted by molar-refractivity contribution is 6.05. The summed E-state index contributed by atoms with van der Waals surface area (Å²) in [6.45, 7) is 0.404. The van der Waals surface area contributed by atoms with Gasteiger partial charge in [0.15, 0.2) is 0 Å². The molecule has 1 saturated heterocycles. The average molecular weight is 243 g/mol. The number of likely N-dealkylation sites (tertiary alicyclic amines) is 1. The maximum absolute atomic E-state index is 11.7. The zero-order chi connectivity index (χ0) is 13.1. The summed E-state index contributed by atoms with van der Waals surface area (Å²) < 4.78 is 0. The zero-order valence-electron chi connectivity index (χ0n) is 10.0. The summed E-state index contributed by atoms with van der Waals surface area (Å²) in [5, 5.41) is 12.0. The lowest BCUT2D eigenvalue weighted by Gasteiger charge is -2.11. The SMILES string of the molecule is CN1C(=O)CC(NCc2ccccc2C#N)C1=O. The molecule has 5 nitrogen and oxygen atoms in total. The summed E-state index contributed by atoms with van der Waals surface area (Å²) in [5.74, 6) is -0.388. The van der Waals surface area contributed by atoms with Gasteiger partial charge in [-0.2, -0.15) is 5.26 Å². The highest BCUT2D eigenvalue weighted by atomic mass is 16.2. The first-order valence-corrected chi connectivity index (χ1v) is 5.65. The summed E-state index contributed by atoms with van der Waals surface area (Å²) >= 11 is 0. The van der Waals surface area contributed by atoms with Crippen molar-refractivity contribution in [3.63, 3.8) is 0 Å². The molecule has 18 heavy (non-hydrogen) atoms. The summed E-state index contributed by atoms with van der Waals surface area (Å²) in [6, 6.07) is 8.81. The molecular formula is C13H13N3O2. The molecule has 92 valence electrons. The van der Waals surface area contributed by atoms with Gasteiger partial charge >= 0.3 is 0 Å². The van der Waals surface area contributed by atoms with Crippen LogP contribution in [0.25, 0.3) is 0 Å². The molecule has 0 bridgehead atoms. The number of likely N-dealkylation sites (N-methyl/N-ethyl adjacent to an activating group) is 1. The van der Waals surface area contributed by atoms with E-state index >= 15 is 0 Å². The van der Waals surface area contributed by atoms with Gasteiger partial charge in [0.25, 0.3) is 0 Å². The van der Waals surface area contributed by atoms with Crippen LogP contribution in [0.15, 0.2) is 24.3 Å². The first-order chi connectivity index (χ1) is 8.63. The summed E-state index contributed by atoms with van der Waals surface area (Å²) in [4.78, 5) is 24.1. The Bertz CT molecular complexity index is 533. The number of imide groups is 1. The Labute approximate surface area is 105 Å². The first-order valence-electron chi connectivity index (χ1n) is 5.65. The molecule has 1 aliphatic heterocycles. The average Bonchev–Trinajstić information content (AvgIpc) is 2.64. The third kappa shape index (κ3) is 2.24. The van der Waals surface area contributed by atoms with Gasteiger partial charge in [0.05, 0.1) is 24.1 Å². The van der Waals surface area contributed by atoms with Crippen molar-refractivity contribution in [1.29, 1.82) is 5.26 Å². The number of amides is 2. The number of hydrogen-bond donors (Lipinski definition) is 1. The van der Waals surface area contributed by atoms with E-state index in [2.05, 4.69) is 11.4 Å². The van der Waals surface area contributed by atoms with Crippen LogP contribution in [0.1, 0.15) is 17.5 Å². The lowest BCUT2D eigenvalue weighted by molar-refractivity contribution is -0.137. The fourth-order valence-corrected chi connectivity index (χ4v) is 1.93. The lowest BCUT2D eigenvalue weighted by Crippen LogP contribution is -2.36. The van der Waals surface area contributed by atoms with E-state index in [4.69, 9.17) is 5.26 Å². The quantitative estimate of drug-likeness (QED) is 0.780. The van der Waals surface area contributed by atoms with E-state index < -0.39 is 6.04 Å². The maximum atomic E-state index is 11.7. The Morgan fingerprint density at radius 1 is 1.44 bits per heavy atom. The molecule has 0 aliphatic carbocycles. The third-order valence-corrected chi connectivity index (χ3v) is 3.06. The highest BCUT2D eigenvalue weighted by Crippen LogP contribution is 2.12. The fraction of sp³-hybridized carbons (Fsp3) is 0.308. The predicted molar refractivity (Wildman–Crippen MR) is 64.2 cm³/mol. The minimum absolute atomic E-state index is 0.175. The van der Waals surface area contributed by atoms with Crippen LogP contribution in [0.5, 0.6) is 0 Å². The van der Waals surface area contributed by atoms with Crippen LogP contribution in [0.4, 0.5) is 0 Å². The van der Waals surface area contributed by atoms with Gasteiger partial charge in [0, 0.05) is 13.6 Å². The van der Waals surface area contributed by atoms with E-state index in [0.717, 1.165) is 10.5 Å². The van der Waals surface area contributed by atoms with Gasteiger partial charge in [-0.25, -0.2) is 0 Å². The van der Waals surface area contributed by atoms with Crippen molar-refractivity contribution >= 4 is 11.8 Å². The third-order valence-electron chi connectivity index (χ3n) is 3.06. The van der Waals surface area contributed by atoms with Crippen molar-refractivity contribution in [1.82, 2.24) is 10.2 Å². The van der Waals surface area contributed by atoms with Gasteiger partial charge in [-0.1, -0.05) is 18.2 Å². The monoisotopic (exact) mass is 243 g/mol. The Morgan fingerprint density at radius 3 is 2.78 bits per heavy atom. The molecule has 0 spiro atoms. The smallest absolute Gasteiger partial charge is 0.246 e.